The summed E-state index contributed by atoms with van der Waals surface area (Å²) in [6, 6.07) is 21.3. The van der Waals surface area contributed by atoms with Crippen molar-refractivity contribution in [1.82, 2.24) is 20.0 Å². The van der Waals surface area contributed by atoms with Gasteiger partial charge in [-0.1, -0.05) is 42.5 Å². The summed E-state index contributed by atoms with van der Waals surface area (Å²) in [6.07, 6.45) is 0. The van der Waals surface area contributed by atoms with E-state index in [2.05, 4.69) is 21.3 Å². The fourth-order valence-corrected chi connectivity index (χ4v) is 5.43. The van der Waals surface area contributed by atoms with Gasteiger partial charge in [0.15, 0.2) is 23.2 Å². The zero-order chi connectivity index (χ0) is 32.2. The van der Waals surface area contributed by atoms with Gasteiger partial charge < -0.3 is 30.7 Å². The minimum Gasteiger partial charge on any atom is -0.493 e. The lowest BCUT2D eigenvalue weighted by atomic mass is 9.94. The predicted molar refractivity (Wildman–Crippen MR) is 177 cm³/mol. The molecule has 11 nitrogen and oxygen atoms in total. The zero-order valence-corrected chi connectivity index (χ0v) is 26.4. The van der Waals surface area contributed by atoms with Gasteiger partial charge in [0.2, 0.25) is 0 Å². The van der Waals surface area contributed by atoms with Gasteiger partial charge in [-0.3, -0.25) is 19.1 Å². The molecule has 0 radical (unpaired) electrons. The van der Waals surface area contributed by atoms with Crippen molar-refractivity contribution < 1.29 is 19.1 Å². The summed E-state index contributed by atoms with van der Waals surface area (Å²) in [5, 5.41) is 12.3. The van der Waals surface area contributed by atoms with Crippen LogP contribution in [-0.4, -0.2) is 40.0 Å². The Morgan fingerprint density at radius 3 is 2.38 bits per heavy atom. The van der Waals surface area contributed by atoms with Crippen molar-refractivity contribution in [2.24, 2.45) is 7.05 Å². The Labute approximate surface area is 265 Å². The van der Waals surface area contributed by atoms with E-state index in [1.807, 2.05) is 61.5 Å². The number of carbonyl (C=O) groups excluding carboxylic acids is 2. The Balaban J connectivity index is 1.33. The molecular weight excluding hydrogens is 592 g/mol. The first-order valence-corrected chi connectivity index (χ1v) is 14.6. The molecule has 5 rings (SSSR count). The van der Waals surface area contributed by atoms with Crippen LogP contribution >= 0.6 is 12.2 Å². The SMILES string of the molecule is COc1cc([C@@H]2NC(=S)NC(C)=C2C(=O)Nc2ccccc2C)ccc1OCC(=O)Nc1c(C)n(C)n(-c2ccccc2)c1=O. The van der Waals surface area contributed by atoms with Crippen LogP contribution in [0.15, 0.2) is 88.9 Å². The summed E-state index contributed by atoms with van der Waals surface area (Å²) in [4.78, 5) is 39.6. The number of carbonyl (C=O) groups is 2. The molecule has 1 atom stereocenters. The van der Waals surface area contributed by atoms with Crippen LogP contribution in [0.2, 0.25) is 0 Å². The highest BCUT2D eigenvalue weighted by Gasteiger charge is 2.31. The minimum atomic E-state index is -0.582. The van der Waals surface area contributed by atoms with Crippen molar-refractivity contribution in [3.8, 4) is 17.2 Å². The van der Waals surface area contributed by atoms with Gasteiger partial charge in [0.05, 0.1) is 30.1 Å². The molecule has 0 bridgehead atoms. The number of anilines is 2. The highest BCUT2D eigenvalue weighted by molar-refractivity contribution is 7.80. The smallest absolute Gasteiger partial charge is 0.295 e. The molecule has 0 fully saturated rings. The number of ether oxygens (including phenoxy) is 2. The van der Waals surface area contributed by atoms with E-state index in [-0.39, 0.29) is 23.8 Å². The molecule has 1 aliphatic heterocycles. The van der Waals surface area contributed by atoms with Gasteiger partial charge in [-0.2, -0.15) is 0 Å². The summed E-state index contributed by atoms with van der Waals surface area (Å²) in [5.74, 6) is -0.129. The molecule has 45 heavy (non-hydrogen) atoms. The van der Waals surface area contributed by atoms with E-state index in [1.54, 1.807) is 43.8 Å². The Morgan fingerprint density at radius 1 is 0.956 bits per heavy atom. The zero-order valence-electron chi connectivity index (χ0n) is 25.6. The van der Waals surface area contributed by atoms with Gasteiger partial charge >= 0.3 is 0 Å². The molecular formula is C33H34N6O5S. The fourth-order valence-electron chi connectivity index (χ4n) is 5.16. The Hall–Kier alpha value is -5.36. The van der Waals surface area contributed by atoms with E-state index in [0.717, 1.165) is 5.56 Å². The Morgan fingerprint density at radius 2 is 1.67 bits per heavy atom. The monoisotopic (exact) mass is 626 g/mol. The van der Waals surface area contributed by atoms with E-state index in [4.69, 9.17) is 21.7 Å². The lowest BCUT2D eigenvalue weighted by Crippen LogP contribution is -2.45. The number of thiocarbonyl (C=S) groups is 1. The summed E-state index contributed by atoms with van der Waals surface area (Å²) in [5.41, 5.74) is 4.51. The summed E-state index contributed by atoms with van der Waals surface area (Å²) in [6.45, 7) is 5.11. The second kappa shape index (κ2) is 13.1. The van der Waals surface area contributed by atoms with Gasteiger partial charge in [0.25, 0.3) is 17.4 Å². The first-order valence-electron chi connectivity index (χ1n) is 14.2. The van der Waals surface area contributed by atoms with Gasteiger partial charge in [-0.25, -0.2) is 4.68 Å². The first-order chi connectivity index (χ1) is 21.6. The van der Waals surface area contributed by atoms with E-state index >= 15 is 0 Å². The maximum absolute atomic E-state index is 13.5. The van der Waals surface area contributed by atoms with Crippen LogP contribution < -0.4 is 36.3 Å². The lowest BCUT2D eigenvalue weighted by molar-refractivity contribution is -0.118. The van der Waals surface area contributed by atoms with Crippen LogP contribution in [0.1, 0.15) is 29.8 Å². The standard InChI is InChI=1S/C33H34N6O5S/c1-19-11-9-10-14-24(19)35-31(41)28-20(2)34-33(45)37-30(28)22-15-16-25(26(17-22)43-5)44-18-27(40)36-29-21(3)38(4)39(32(29)42)23-12-7-6-8-13-23/h6-17,30H,18H2,1-5H3,(H,35,41)(H,36,40)(H2,34,37,45)/t30-/m0/s1. The van der Waals surface area contributed by atoms with Crippen LogP contribution in [0.4, 0.5) is 11.4 Å². The molecule has 2 amide bonds. The first kappa shape index (κ1) is 31.1. The number of benzene rings is 3. The average Bonchev–Trinajstić information content (AvgIpc) is 3.23. The van der Waals surface area contributed by atoms with E-state index < -0.39 is 11.9 Å². The number of rotatable bonds is 9. The van der Waals surface area contributed by atoms with E-state index in [1.165, 1.54) is 11.8 Å². The van der Waals surface area contributed by atoms with Crippen molar-refractivity contribution >= 4 is 40.5 Å². The number of allylic oxidation sites excluding steroid dienone is 1. The lowest BCUT2D eigenvalue weighted by Gasteiger charge is -2.30. The predicted octanol–water partition coefficient (Wildman–Crippen LogP) is 4.25. The highest BCUT2D eigenvalue weighted by atomic mass is 32.1. The molecule has 0 unspecified atom stereocenters. The Kier molecular flexibility index (Phi) is 9.05. The number of hydrogen-bond acceptors (Lipinski definition) is 6. The van der Waals surface area contributed by atoms with Crippen LogP contribution in [0.3, 0.4) is 0 Å². The molecule has 3 aromatic carbocycles. The quantitative estimate of drug-likeness (QED) is 0.203. The molecule has 4 aromatic rings. The van der Waals surface area contributed by atoms with Crippen molar-refractivity contribution in [1.29, 1.82) is 0 Å². The second-order valence-electron chi connectivity index (χ2n) is 10.5. The molecule has 0 aliphatic carbocycles. The van der Waals surface area contributed by atoms with Gasteiger partial charge in [0, 0.05) is 18.4 Å². The average molecular weight is 627 g/mol. The van der Waals surface area contributed by atoms with Crippen LogP contribution in [-0.2, 0) is 16.6 Å². The number of aryl methyl sites for hydroxylation is 1. The number of amides is 2. The number of para-hydroxylation sites is 2. The second-order valence-corrected chi connectivity index (χ2v) is 10.9. The maximum Gasteiger partial charge on any atom is 0.295 e. The topological polar surface area (TPSA) is 128 Å². The van der Waals surface area contributed by atoms with Crippen molar-refractivity contribution in [2.45, 2.75) is 26.8 Å². The molecule has 232 valence electrons. The summed E-state index contributed by atoms with van der Waals surface area (Å²) in [7, 11) is 3.24. The highest BCUT2D eigenvalue weighted by Crippen LogP contribution is 2.35. The van der Waals surface area contributed by atoms with Crippen LogP contribution in [0.25, 0.3) is 5.69 Å². The van der Waals surface area contributed by atoms with Gasteiger partial charge in [-0.15, -0.1) is 0 Å². The molecule has 1 aliphatic rings. The Bertz CT molecular complexity index is 1880. The fraction of sp³-hybridized carbons (Fsp3) is 0.212. The number of aromatic nitrogens is 2. The van der Waals surface area contributed by atoms with Crippen LogP contribution in [0.5, 0.6) is 11.5 Å². The normalized spacial score (nSPS) is 14.3. The maximum atomic E-state index is 13.5. The largest absolute Gasteiger partial charge is 0.493 e. The molecule has 12 heteroatoms. The van der Waals surface area contributed by atoms with Gasteiger partial charge in [-0.05, 0) is 74.4 Å². The molecule has 0 saturated heterocycles. The molecule has 1 aromatic heterocycles. The molecule has 0 saturated carbocycles. The van der Waals surface area contributed by atoms with Crippen LogP contribution in [0, 0.1) is 13.8 Å². The summed E-state index contributed by atoms with van der Waals surface area (Å²) < 4.78 is 14.6. The number of methoxy groups -OCH3 is 1. The minimum absolute atomic E-state index is 0.170. The van der Waals surface area contributed by atoms with E-state index in [9.17, 15) is 14.4 Å². The van der Waals surface area contributed by atoms with Crippen molar-refractivity contribution in [3.63, 3.8) is 0 Å². The van der Waals surface area contributed by atoms with Crippen molar-refractivity contribution in [2.75, 3.05) is 24.4 Å². The molecule has 0 spiro atoms. The molecule has 4 N–H and O–H groups in total. The van der Waals surface area contributed by atoms with Gasteiger partial charge in [0.1, 0.15) is 5.69 Å². The van der Waals surface area contributed by atoms with E-state index in [0.29, 0.717) is 50.5 Å². The third-order valence-electron chi connectivity index (χ3n) is 7.61. The van der Waals surface area contributed by atoms with Crippen molar-refractivity contribution in [3.05, 3.63) is 111 Å². The number of hydrogen-bond donors (Lipinski definition) is 4. The molecule has 2 heterocycles. The summed E-state index contributed by atoms with van der Waals surface area (Å²) >= 11 is 5.40. The number of nitrogens with zero attached hydrogens (tertiary/aromatic N) is 2. The third kappa shape index (κ3) is 6.46. The third-order valence-corrected chi connectivity index (χ3v) is 7.83. The number of nitrogens with one attached hydrogen (secondary N) is 4.